The lowest BCUT2D eigenvalue weighted by molar-refractivity contribution is -0.123. The van der Waals surface area contributed by atoms with Crippen LogP contribution in [0.2, 0.25) is 10.0 Å². The van der Waals surface area contributed by atoms with Gasteiger partial charge in [0.15, 0.2) is 6.61 Å². The quantitative estimate of drug-likeness (QED) is 0.147. The second-order valence-corrected chi connectivity index (χ2v) is 8.60. The minimum absolute atomic E-state index is 0.186. The second-order valence-electron chi connectivity index (χ2n) is 6.74. The van der Waals surface area contributed by atoms with Gasteiger partial charge >= 0.3 is 5.97 Å². The van der Waals surface area contributed by atoms with Gasteiger partial charge in [0, 0.05) is 15.1 Å². The highest BCUT2D eigenvalue weighted by molar-refractivity contribution is 7.21. The minimum atomic E-state index is -0.518. The standard InChI is InChI=1S/C24H16Cl2N2O4S/c25-16-7-11-17(12-8-16)31-14-21(29)28-27-13-15-5-9-18(10-6-15)32-24(30)23-22(26)19-3-1-2-4-20(19)33-23/h1-13H,14H2,(H,28,29)/b27-13+. The monoisotopic (exact) mass is 498 g/mol. The fourth-order valence-corrected chi connectivity index (χ4v) is 4.32. The number of rotatable bonds is 7. The summed E-state index contributed by atoms with van der Waals surface area (Å²) in [7, 11) is 0. The largest absolute Gasteiger partial charge is 0.484 e. The van der Waals surface area contributed by atoms with E-state index in [0.29, 0.717) is 32.0 Å². The summed E-state index contributed by atoms with van der Waals surface area (Å²) >= 11 is 13.4. The Hall–Kier alpha value is -3.39. The first-order valence-electron chi connectivity index (χ1n) is 9.69. The molecule has 3 aromatic carbocycles. The molecule has 0 saturated carbocycles. The van der Waals surface area contributed by atoms with Crippen LogP contribution in [0.4, 0.5) is 0 Å². The Morgan fingerprint density at radius 1 is 0.939 bits per heavy atom. The molecule has 6 nitrogen and oxygen atoms in total. The Labute approximate surface area is 203 Å². The molecule has 0 aliphatic rings. The summed E-state index contributed by atoms with van der Waals surface area (Å²) < 4.78 is 11.7. The van der Waals surface area contributed by atoms with Crippen molar-refractivity contribution in [3.63, 3.8) is 0 Å². The number of hydrogen-bond acceptors (Lipinski definition) is 6. The zero-order valence-electron chi connectivity index (χ0n) is 17.0. The Bertz CT molecular complexity index is 1320. The van der Waals surface area contributed by atoms with Gasteiger partial charge in [0.1, 0.15) is 16.4 Å². The summed E-state index contributed by atoms with van der Waals surface area (Å²) in [6.07, 6.45) is 1.47. The normalized spacial score (nSPS) is 11.0. The maximum atomic E-state index is 12.5. The van der Waals surface area contributed by atoms with Crippen LogP contribution >= 0.6 is 34.5 Å². The van der Waals surface area contributed by atoms with Crippen molar-refractivity contribution in [2.24, 2.45) is 5.10 Å². The molecule has 0 aliphatic heterocycles. The van der Waals surface area contributed by atoms with E-state index < -0.39 is 11.9 Å². The molecule has 1 aromatic heterocycles. The number of amides is 1. The van der Waals surface area contributed by atoms with Crippen molar-refractivity contribution in [3.8, 4) is 11.5 Å². The lowest BCUT2D eigenvalue weighted by Gasteiger charge is -2.05. The highest BCUT2D eigenvalue weighted by Gasteiger charge is 2.18. The molecule has 0 unspecified atom stereocenters. The van der Waals surface area contributed by atoms with Crippen LogP contribution in [0.3, 0.4) is 0 Å². The van der Waals surface area contributed by atoms with Crippen molar-refractivity contribution < 1.29 is 19.1 Å². The SMILES string of the molecule is O=C(COc1ccc(Cl)cc1)N/N=C/c1ccc(OC(=O)c2sc3ccccc3c2Cl)cc1. The predicted octanol–water partition coefficient (Wildman–Crippen LogP) is 5.96. The number of nitrogens with zero attached hydrogens (tertiary/aromatic N) is 1. The number of fused-ring (bicyclic) bond motifs is 1. The first-order valence-corrected chi connectivity index (χ1v) is 11.3. The van der Waals surface area contributed by atoms with E-state index in [2.05, 4.69) is 10.5 Å². The van der Waals surface area contributed by atoms with Crippen molar-refractivity contribution in [1.29, 1.82) is 0 Å². The summed E-state index contributed by atoms with van der Waals surface area (Å²) in [5.41, 5.74) is 3.08. The zero-order chi connectivity index (χ0) is 23.2. The summed E-state index contributed by atoms with van der Waals surface area (Å²) in [5, 5.41) is 5.69. The maximum absolute atomic E-state index is 12.5. The molecule has 0 fully saturated rings. The average molecular weight is 499 g/mol. The lowest BCUT2D eigenvalue weighted by Crippen LogP contribution is -2.24. The van der Waals surface area contributed by atoms with E-state index in [4.69, 9.17) is 32.7 Å². The predicted molar refractivity (Wildman–Crippen MR) is 131 cm³/mol. The van der Waals surface area contributed by atoms with Gasteiger partial charge in [-0.15, -0.1) is 11.3 Å². The zero-order valence-corrected chi connectivity index (χ0v) is 19.3. The number of thiophene rings is 1. The molecule has 4 aromatic rings. The third-order valence-corrected chi connectivity index (χ3v) is 6.30. The van der Waals surface area contributed by atoms with Gasteiger partial charge in [0.2, 0.25) is 0 Å². The smallest absolute Gasteiger partial charge is 0.355 e. The van der Waals surface area contributed by atoms with Crippen LogP contribution in [0.15, 0.2) is 77.9 Å². The number of ether oxygens (including phenoxy) is 2. The Balaban J connectivity index is 1.29. The van der Waals surface area contributed by atoms with Gasteiger partial charge in [-0.2, -0.15) is 5.10 Å². The highest BCUT2D eigenvalue weighted by atomic mass is 35.5. The molecule has 0 aliphatic carbocycles. The molecule has 4 rings (SSSR count). The summed E-state index contributed by atoms with van der Waals surface area (Å²) in [4.78, 5) is 24.7. The first-order chi connectivity index (χ1) is 16.0. The van der Waals surface area contributed by atoms with E-state index in [1.165, 1.54) is 17.6 Å². The molecule has 33 heavy (non-hydrogen) atoms. The van der Waals surface area contributed by atoms with Gasteiger partial charge < -0.3 is 9.47 Å². The molecule has 166 valence electrons. The van der Waals surface area contributed by atoms with Crippen molar-refractivity contribution >= 4 is 62.7 Å². The van der Waals surface area contributed by atoms with Crippen LogP contribution in [0.1, 0.15) is 15.2 Å². The number of benzene rings is 3. The molecule has 0 spiro atoms. The van der Waals surface area contributed by atoms with Crippen molar-refractivity contribution in [2.45, 2.75) is 0 Å². The number of carbonyl (C=O) groups is 2. The molecule has 0 bridgehead atoms. The van der Waals surface area contributed by atoms with Crippen molar-refractivity contribution in [3.05, 3.63) is 93.3 Å². The van der Waals surface area contributed by atoms with Gasteiger partial charge in [0.05, 0.1) is 11.2 Å². The number of hydrazone groups is 1. The van der Waals surface area contributed by atoms with Gasteiger partial charge in [-0.3, -0.25) is 4.79 Å². The maximum Gasteiger partial charge on any atom is 0.355 e. The third-order valence-electron chi connectivity index (χ3n) is 4.40. The fourth-order valence-electron chi connectivity index (χ4n) is 2.81. The third kappa shape index (κ3) is 5.90. The average Bonchev–Trinajstić information content (AvgIpc) is 3.17. The number of nitrogens with one attached hydrogen (secondary N) is 1. The van der Waals surface area contributed by atoms with Crippen LogP contribution in [0.5, 0.6) is 11.5 Å². The molecule has 0 atom stereocenters. The summed E-state index contributed by atoms with van der Waals surface area (Å²) in [5.74, 6) is -0.0331. The molecule has 1 amide bonds. The van der Waals surface area contributed by atoms with E-state index in [0.717, 1.165) is 10.1 Å². The summed E-state index contributed by atoms with van der Waals surface area (Å²) in [6, 6.07) is 20.9. The van der Waals surface area contributed by atoms with Gasteiger partial charge in [-0.05, 0) is 60.2 Å². The Kier molecular flexibility index (Phi) is 7.24. The molecular formula is C24H16Cl2N2O4S. The minimum Gasteiger partial charge on any atom is -0.484 e. The topological polar surface area (TPSA) is 77.0 Å². The van der Waals surface area contributed by atoms with Crippen LogP contribution in [0, 0.1) is 0 Å². The molecule has 0 radical (unpaired) electrons. The van der Waals surface area contributed by atoms with Crippen molar-refractivity contribution in [1.82, 2.24) is 5.43 Å². The number of esters is 1. The van der Waals surface area contributed by atoms with E-state index >= 15 is 0 Å². The van der Waals surface area contributed by atoms with Crippen LogP contribution < -0.4 is 14.9 Å². The molecule has 1 N–H and O–H groups in total. The molecule has 9 heteroatoms. The van der Waals surface area contributed by atoms with Crippen LogP contribution in [-0.2, 0) is 4.79 Å². The van der Waals surface area contributed by atoms with Gasteiger partial charge in [0.25, 0.3) is 5.91 Å². The second kappa shape index (κ2) is 10.5. The number of carbonyl (C=O) groups excluding carboxylic acids is 2. The van der Waals surface area contributed by atoms with E-state index in [1.807, 2.05) is 24.3 Å². The summed E-state index contributed by atoms with van der Waals surface area (Å²) in [6.45, 7) is -0.186. The highest BCUT2D eigenvalue weighted by Crippen LogP contribution is 2.35. The molecule has 1 heterocycles. The number of halogens is 2. The van der Waals surface area contributed by atoms with Crippen molar-refractivity contribution in [2.75, 3.05) is 6.61 Å². The van der Waals surface area contributed by atoms with Gasteiger partial charge in [-0.25, -0.2) is 10.2 Å². The number of hydrogen-bond donors (Lipinski definition) is 1. The first kappa shape index (κ1) is 22.8. The lowest BCUT2D eigenvalue weighted by atomic mass is 10.2. The van der Waals surface area contributed by atoms with E-state index in [9.17, 15) is 9.59 Å². The van der Waals surface area contributed by atoms with E-state index in [-0.39, 0.29) is 6.61 Å². The Morgan fingerprint density at radius 3 is 2.36 bits per heavy atom. The van der Waals surface area contributed by atoms with Gasteiger partial charge in [-0.1, -0.05) is 41.4 Å². The fraction of sp³-hybridized carbons (Fsp3) is 0.0417. The van der Waals surface area contributed by atoms with Crippen LogP contribution in [0.25, 0.3) is 10.1 Å². The van der Waals surface area contributed by atoms with Crippen LogP contribution in [-0.4, -0.2) is 24.7 Å². The Morgan fingerprint density at radius 2 is 1.64 bits per heavy atom. The molecule has 0 saturated heterocycles. The van der Waals surface area contributed by atoms with E-state index in [1.54, 1.807) is 48.5 Å². The molecular weight excluding hydrogens is 483 g/mol.